The summed E-state index contributed by atoms with van der Waals surface area (Å²) in [5.74, 6) is 0.692. The number of aromatic nitrogens is 4. The first kappa shape index (κ1) is 21.9. The average molecular weight is 463 g/mol. The first-order valence-corrected chi connectivity index (χ1v) is 10.7. The molecule has 172 valence electrons. The Bertz CT molecular complexity index is 1410. The van der Waals surface area contributed by atoms with Gasteiger partial charge in [0.05, 0.1) is 23.1 Å². The first-order chi connectivity index (χ1) is 16.3. The molecule has 0 radical (unpaired) electrons. The van der Waals surface area contributed by atoms with E-state index in [0.717, 1.165) is 11.1 Å². The van der Waals surface area contributed by atoms with Crippen LogP contribution >= 0.6 is 0 Å². The molecule has 0 fully saturated rings. The highest BCUT2D eigenvalue weighted by molar-refractivity contribution is 5.83. The Kier molecular flexibility index (Phi) is 5.24. The molecule has 6 nitrogen and oxygen atoms in total. The number of fused-ring (bicyclic) bond motifs is 3. The predicted molar refractivity (Wildman–Crippen MR) is 119 cm³/mol. The lowest BCUT2D eigenvalue weighted by atomic mass is 9.94. The predicted octanol–water partition coefficient (Wildman–Crippen LogP) is 5.90. The van der Waals surface area contributed by atoms with E-state index in [4.69, 9.17) is 4.74 Å². The maximum absolute atomic E-state index is 15.0. The number of ether oxygens (including phenoxy) is 1. The number of rotatable bonds is 5. The Morgan fingerprint density at radius 2 is 1.85 bits per heavy atom. The highest BCUT2D eigenvalue weighted by Gasteiger charge is 2.36. The molecule has 0 saturated carbocycles. The monoisotopic (exact) mass is 463 g/mol. The Hall–Kier alpha value is -3.93. The van der Waals surface area contributed by atoms with Gasteiger partial charge in [0.2, 0.25) is 0 Å². The molecule has 0 bridgehead atoms. The zero-order valence-corrected chi connectivity index (χ0v) is 18.4. The smallest absolute Gasteiger partial charge is 0.387 e. The molecule has 0 N–H and O–H groups in total. The quantitative estimate of drug-likeness (QED) is 0.368. The van der Waals surface area contributed by atoms with Gasteiger partial charge in [-0.1, -0.05) is 24.3 Å². The molecule has 34 heavy (non-hydrogen) atoms. The lowest BCUT2D eigenvalue weighted by molar-refractivity contribution is -0.0507. The van der Waals surface area contributed by atoms with Crippen LogP contribution in [-0.2, 0) is 5.41 Å². The van der Waals surface area contributed by atoms with Crippen molar-refractivity contribution in [2.24, 2.45) is 0 Å². The maximum atomic E-state index is 15.0. The summed E-state index contributed by atoms with van der Waals surface area (Å²) in [5.41, 5.74) is 2.44. The molecule has 2 aromatic heterocycles. The summed E-state index contributed by atoms with van der Waals surface area (Å²) in [6, 6.07) is 13.6. The van der Waals surface area contributed by atoms with E-state index in [1.807, 2.05) is 12.1 Å². The molecule has 0 saturated heterocycles. The van der Waals surface area contributed by atoms with Gasteiger partial charge in [0.25, 0.3) is 0 Å². The van der Waals surface area contributed by atoms with E-state index < -0.39 is 24.2 Å². The fourth-order valence-electron chi connectivity index (χ4n) is 4.32. The van der Waals surface area contributed by atoms with Crippen molar-refractivity contribution in [1.82, 2.24) is 19.5 Å². The van der Waals surface area contributed by atoms with Crippen molar-refractivity contribution in [1.29, 1.82) is 5.26 Å². The first-order valence-electron chi connectivity index (χ1n) is 10.7. The number of benzene rings is 2. The Labute approximate surface area is 193 Å². The number of nitriles is 1. The minimum Gasteiger partial charge on any atom is -0.434 e. The number of hydrogen-bond acceptors (Lipinski definition) is 5. The Balaban J connectivity index is 1.59. The molecular formula is C25H20F3N5O. The van der Waals surface area contributed by atoms with Crippen LogP contribution in [0.15, 0.2) is 54.9 Å². The van der Waals surface area contributed by atoms with Crippen LogP contribution in [0.3, 0.4) is 0 Å². The second-order valence-corrected chi connectivity index (χ2v) is 8.71. The van der Waals surface area contributed by atoms with Crippen LogP contribution < -0.4 is 4.74 Å². The third kappa shape index (κ3) is 3.65. The van der Waals surface area contributed by atoms with Crippen LogP contribution in [0.25, 0.3) is 22.2 Å². The Morgan fingerprint density at radius 3 is 2.56 bits per heavy atom. The summed E-state index contributed by atoms with van der Waals surface area (Å²) < 4.78 is 47.4. The highest BCUT2D eigenvalue weighted by atomic mass is 19.3. The second kappa shape index (κ2) is 8.13. The van der Waals surface area contributed by atoms with E-state index in [9.17, 15) is 18.4 Å². The van der Waals surface area contributed by atoms with Gasteiger partial charge < -0.3 is 9.30 Å². The van der Waals surface area contributed by atoms with E-state index in [2.05, 4.69) is 21.0 Å². The maximum Gasteiger partial charge on any atom is 0.387 e. The SMILES string of the molecule is CC(C)(C#N)c1ncc(-c2ccc3nc4n(c3c2)[C@@H](c2ccccc2OC(F)F)C[C@H]4F)cn1. The summed E-state index contributed by atoms with van der Waals surface area (Å²) in [6.07, 6.45) is 2.03. The van der Waals surface area contributed by atoms with Crippen LogP contribution in [0.4, 0.5) is 13.2 Å². The molecule has 4 aromatic rings. The minimum atomic E-state index is -2.98. The molecule has 3 heterocycles. The number of para-hydroxylation sites is 1. The van der Waals surface area contributed by atoms with Crippen molar-refractivity contribution >= 4 is 11.0 Å². The summed E-state index contributed by atoms with van der Waals surface area (Å²) in [4.78, 5) is 13.2. The molecule has 1 aliphatic rings. The third-order valence-corrected chi connectivity index (χ3v) is 6.06. The fraction of sp³-hybridized carbons (Fsp3) is 0.280. The molecule has 0 unspecified atom stereocenters. The molecule has 0 spiro atoms. The third-order valence-electron chi connectivity index (χ3n) is 6.06. The van der Waals surface area contributed by atoms with Gasteiger partial charge >= 0.3 is 6.61 Å². The van der Waals surface area contributed by atoms with Gasteiger partial charge in [-0.15, -0.1) is 0 Å². The van der Waals surface area contributed by atoms with Gasteiger partial charge in [-0.05, 0) is 37.6 Å². The van der Waals surface area contributed by atoms with E-state index in [1.165, 1.54) is 6.07 Å². The highest BCUT2D eigenvalue weighted by Crippen LogP contribution is 2.46. The minimum absolute atomic E-state index is 0.0182. The average Bonchev–Trinajstić information content (AvgIpc) is 3.36. The van der Waals surface area contributed by atoms with E-state index >= 15 is 0 Å². The number of alkyl halides is 3. The van der Waals surface area contributed by atoms with Gasteiger partial charge in [0.1, 0.15) is 22.8 Å². The number of halogens is 3. The fourth-order valence-corrected chi connectivity index (χ4v) is 4.32. The van der Waals surface area contributed by atoms with Crippen molar-refractivity contribution in [2.45, 2.75) is 44.5 Å². The lowest BCUT2D eigenvalue weighted by Gasteiger charge is -2.19. The molecule has 2 atom stereocenters. The molecule has 0 aliphatic carbocycles. The number of imidazole rings is 1. The molecular weight excluding hydrogens is 443 g/mol. The summed E-state index contributed by atoms with van der Waals surface area (Å²) in [5, 5.41) is 9.31. The van der Waals surface area contributed by atoms with Crippen molar-refractivity contribution in [2.75, 3.05) is 0 Å². The van der Waals surface area contributed by atoms with Crippen molar-refractivity contribution < 1.29 is 17.9 Å². The van der Waals surface area contributed by atoms with Crippen molar-refractivity contribution in [3.63, 3.8) is 0 Å². The molecule has 2 aromatic carbocycles. The second-order valence-electron chi connectivity index (χ2n) is 8.71. The summed E-state index contributed by atoms with van der Waals surface area (Å²) >= 11 is 0. The van der Waals surface area contributed by atoms with Gasteiger partial charge in [-0.25, -0.2) is 19.3 Å². The van der Waals surface area contributed by atoms with Gasteiger partial charge in [-0.2, -0.15) is 14.0 Å². The van der Waals surface area contributed by atoms with Crippen LogP contribution in [-0.4, -0.2) is 26.1 Å². The van der Waals surface area contributed by atoms with Crippen LogP contribution in [0.2, 0.25) is 0 Å². The Morgan fingerprint density at radius 1 is 1.12 bits per heavy atom. The van der Waals surface area contributed by atoms with Crippen molar-refractivity contribution in [3.05, 3.63) is 72.1 Å². The normalized spacial score (nSPS) is 17.7. The van der Waals surface area contributed by atoms with E-state index in [1.54, 1.807) is 55.1 Å². The number of hydrogen-bond donors (Lipinski definition) is 0. The molecule has 0 amide bonds. The number of nitrogens with zero attached hydrogens (tertiary/aromatic N) is 5. The largest absolute Gasteiger partial charge is 0.434 e. The van der Waals surface area contributed by atoms with Gasteiger partial charge in [-0.3, -0.25) is 0 Å². The zero-order valence-electron chi connectivity index (χ0n) is 18.4. The lowest BCUT2D eigenvalue weighted by Crippen LogP contribution is -2.17. The zero-order chi connectivity index (χ0) is 24.0. The van der Waals surface area contributed by atoms with E-state index in [-0.39, 0.29) is 18.0 Å². The van der Waals surface area contributed by atoms with E-state index in [0.29, 0.717) is 22.4 Å². The van der Waals surface area contributed by atoms with Crippen LogP contribution in [0, 0.1) is 11.3 Å². The van der Waals surface area contributed by atoms with Gasteiger partial charge in [0, 0.05) is 29.9 Å². The molecule has 9 heteroatoms. The standard InChI is InChI=1S/C25H20F3N5O/c1-25(2,13-29)23-30-11-15(12-31-23)14-7-8-18-20(9-14)33-19(10-17(26)22(33)32-18)16-5-3-4-6-21(16)34-24(27)28/h3-9,11-12,17,19,24H,10H2,1-2H3/t17-,19-/m1/s1. The van der Waals surface area contributed by atoms with Crippen LogP contribution in [0.5, 0.6) is 5.75 Å². The summed E-state index contributed by atoms with van der Waals surface area (Å²) in [7, 11) is 0. The topological polar surface area (TPSA) is 76.6 Å². The molecule has 1 aliphatic heterocycles. The molecule has 5 rings (SSSR count). The van der Waals surface area contributed by atoms with Crippen molar-refractivity contribution in [3.8, 4) is 22.9 Å². The van der Waals surface area contributed by atoms with Gasteiger partial charge in [0.15, 0.2) is 6.17 Å². The van der Waals surface area contributed by atoms with Crippen LogP contribution in [0.1, 0.15) is 49.7 Å². The summed E-state index contributed by atoms with van der Waals surface area (Å²) in [6.45, 7) is 0.503.